The van der Waals surface area contributed by atoms with Gasteiger partial charge in [0, 0.05) is 28.0 Å². The molecule has 3 rings (SSSR count). The Hall–Kier alpha value is -1.88. The van der Waals surface area contributed by atoms with Gasteiger partial charge < -0.3 is 10.6 Å². The standard InChI is InChI=1S/C16H16BrN3O/c17-12-3-4-15(18-9-12)10-19-13-5-7-14(8-6-13)20-16(21)11-1-2-11/h3-9,11,19H,1-2,10H2,(H,20,21). The lowest BCUT2D eigenvalue weighted by Crippen LogP contribution is -2.13. The van der Waals surface area contributed by atoms with Crippen LogP contribution in [0, 0.1) is 5.92 Å². The van der Waals surface area contributed by atoms with Crippen LogP contribution >= 0.6 is 15.9 Å². The van der Waals surface area contributed by atoms with E-state index in [0.717, 1.165) is 34.4 Å². The van der Waals surface area contributed by atoms with Crippen LogP contribution in [0.25, 0.3) is 0 Å². The largest absolute Gasteiger partial charge is 0.379 e. The van der Waals surface area contributed by atoms with Gasteiger partial charge in [0.25, 0.3) is 0 Å². The first kappa shape index (κ1) is 14.1. The molecular formula is C16H16BrN3O. The van der Waals surface area contributed by atoms with E-state index >= 15 is 0 Å². The van der Waals surface area contributed by atoms with Crippen LogP contribution in [0.3, 0.4) is 0 Å². The minimum absolute atomic E-state index is 0.134. The lowest BCUT2D eigenvalue weighted by molar-refractivity contribution is -0.117. The molecule has 0 bridgehead atoms. The van der Waals surface area contributed by atoms with Crippen molar-refractivity contribution in [3.8, 4) is 0 Å². The van der Waals surface area contributed by atoms with Crippen molar-refractivity contribution in [3.05, 3.63) is 52.8 Å². The predicted molar refractivity (Wildman–Crippen MR) is 87.1 cm³/mol. The van der Waals surface area contributed by atoms with Crippen molar-refractivity contribution in [2.75, 3.05) is 10.6 Å². The number of pyridine rings is 1. The summed E-state index contributed by atoms with van der Waals surface area (Å²) in [5.74, 6) is 0.362. The quantitative estimate of drug-likeness (QED) is 0.866. The van der Waals surface area contributed by atoms with E-state index < -0.39 is 0 Å². The van der Waals surface area contributed by atoms with Gasteiger partial charge in [-0.3, -0.25) is 9.78 Å². The Bertz CT molecular complexity index is 621. The van der Waals surface area contributed by atoms with Crippen molar-refractivity contribution in [1.82, 2.24) is 4.98 Å². The molecule has 108 valence electrons. The van der Waals surface area contributed by atoms with Crippen LogP contribution in [0.2, 0.25) is 0 Å². The highest BCUT2D eigenvalue weighted by Crippen LogP contribution is 2.30. The van der Waals surface area contributed by atoms with Gasteiger partial charge in [0.2, 0.25) is 5.91 Å². The van der Waals surface area contributed by atoms with Crippen LogP contribution in [0.15, 0.2) is 47.1 Å². The number of carbonyl (C=O) groups excluding carboxylic acids is 1. The third-order valence-corrected chi connectivity index (χ3v) is 3.83. The molecule has 1 saturated carbocycles. The van der Waals surface area contributed by atoms with Crippen LogP contribution in [-0.4, -0.2) is 10.9 Å². The summed E-state index contributed by atoms with van der Waals surface area (Å²) in [6.07, 6.45) is 3.82. The molecule has 4 nitrogen and oxygen atoms in total. The number of nitrogens with zero attached hydrogens (tertiary/aromatic N) is 1. The fraction of sp³-hybridized carbons (Fsp3) is 0.250. The van der Waals surface area contributed by atoms with Crippen LogP contribution in [0.1, 0.15) is 18.5 Å². The Morgan fingerprint density at radius 2 is 1.86 bits per heavy atom. The van der Waals surface area contributed by atoms with Gasteiger partial charge >= 0.3 is 0 Å². The van der Waals surface area contributed by atoms with Crippen molar-refractivity contribution in [1.29, 1.82) is 0 Å². The molecule has 1 aromatic heterocycles. The van der Waals surface area contributed by atoms with Crippen LogP contribution < -0.4 is 10.6 Å². The summed E-state index contributed by atoms with van der Waals surface area (Å²) >= 11 is 3.37. The molecule has 0 saturated heterocycles. The maximum Gasteiger partial charge on any atom is 0.227 e. The Morgan fingerprint density at radius 1 is 1.14 bits per heavy atom. The maximum absolute atomic E-state index is 11.7. The fourth-order valence-electron chi connectivity index (χ4n) is 1.96. The summed E-state index contributed by atoms with van der Waals surface area (Å²) in [6, 6.07) is 11.7. The molecule has 1 aliphatic rings. The lowest BCUT2D eigenvalue weighted by Gasteiger charge is -2.08. The second-order valence-electron chi connectivity index (χ2n) is 5.16. The molecule has 1 aliphatic carbocycles. The summed E-state index contributed by atoms with van der Waals surface area (Å²) in [5, 5.41) is 6.23. The number of anilines is 2. The number of hydrogen-bond donors (Lipinski definition) is 2. The van der Waals surface area contributed by atoms with E-state index in [1.54, 1.807) is 6.20 Å². The molecule has 0 atom stereocenters. The van der Waals surface area contributed by atoms with Crippen LogP contribution in [-0.2, 0) is 11.3 Å². The topological polar surface area (TPSA) is 54.0 Å². The lowest BCUT2D eigenvalue weighted by atomic mass is 10.2. The molecule has 2 N–H and O–H groups in total. The average molecular weight is 346 g/mol. The zero-order chi connectivity index (χ0) is 14.7. The molecule has 21 heavy (non-hydrogen) atoms. The summed E-state index contributed by atoms with van der Waals surface area (Å²) < 4.78 is 0.974. The molecule has 0 aliphatic heterocycles. The van der Waals surface area contributed by atoms with Crippen LogP contribution in [0.4, 0.5) is 11.4 Å². The summed E-state index contributed by atoms with van der Waals surface area (Å²) in [6.45, 7) is 0.668. The summed E-state index contributed by atoms with van der Waals surface area (Å²) in [7, 11) is 0. The zero-order valence-electron chi connectivity index (χ0n) is 11.5. The van der Waals surface area contributed by atoms with Gasteiger partial charge in [0.15, 0.2) is 0 Å². The smallest absolute Gasteiger partial charge is 0.227 e. The van der Waals surface area contributed by atoms with Crippen molar-refractivity contribution >= 4 is 33.2 Å². The second kappa shape index (κ2) is 6.26. The number of amides is 1. The van der Waals surface area contributed by atoms with Crippen LogP contribution in [0.5, 0.6) is 0 Å². The number of benzene rings is 1. The number of halogens is 1. The first-order valence-corrected chi connectivity index (χ1v) is 7.75. The number of rotatable bonds is 5. The van der Waals surface area contributed by atoms with E-state index in [1.165, 1.54) is 0 Å². The molecule has 2 aromatic rings. The van der Waals surface area contributed by atoms with Gasteiger partial charge in [-0.15, -0.1) is 0 Å². The number of carbonyl (C=O) groups is 1. The van der Waals surface area contributed by atoms with E-state index in [0.29, 0.717) is 6.54 Å². The Labute approximate surface area is 132 Å². The maximum atomic E-state index is 11.7. The van der Waals surface area contributed by atoms with Crippen molar-refractivity contribution in [2.45, 2.75) is 19.4 Å². The zero-order valence-corrected chi connectivity index (χ0v) is 13.1. The number of nitrogens with one attached hydrogen (secondary N) is 2. The van der Waals surface area contributed by atoms with E-state index in [-0.39, 0.29) is 11.8 Å². The van der Waals surface area contributed by atoms with Crippen molar-refractivity contribution in [2.24, 2.45) is 5.92 Å². The molecule has 1 amide bonds. The number of aromatic nitrogens is 1. The summed E-state index contributed by atoms with van der Waals surface area (Å²) in [4.78, 5) is 16.0. The Balaban J connectivity index is 1.54. The molecule has 0 radical (unpaired) electrons. The highest BCUT2D eigenvalue weighted by atomic mass is 79.9. The van der Waals surface area contributed by atoms with E-state index in [9.17, 15) is 4.79 Å². The number of hydrogen-bond acceptors (Lipinski definition) is 3. The Morgan fingerprint density at radius 3 is 2.48 bits per heavy atom. The molecule has 1 fully saturated rings. The normalized spacial score (nSPS) is 13.8. The van der Waals surface area contributed by atoms with Crippen molar-refractivity contribution in [3.63, 3.8) is 0 Å². The van der Waals surface area contributed by atoms with E-state index in [1.807, 2.05) is 36.4 Å². The first-order valence-electron chi connectivity index (χ1n) is 6.96. The van der Waals surface area contributed by atoms with Gasteiger partial charge in [-0.1, -0.05) is 0 Å². The molecule has 0 spiro atoms. The monoisotopic (exact) mass is 345 g/mol. The third kappa shape index (κ3) is 4.04. The van der Waals surface area contributed by atoms with Gasteiger partial charge in [-0.05, 0) is 65.2 Å². The average Bonchev–Trinajstić information content (AvgIpc) is 3.33. The second-order valence-corrected chi connectivity index (χ2v) is 6.08. The third-order valence-electron chi connectivity index (χ3n) is 3.36. The van der Waals surface area contributed by atoms with Gasteiger partial charge in [0.1, 0.15) is 0 Å². The highest BCUT2D eigenvalue weighted by molar-refractivity contribution is 9.10. The van der Waals surface area contributed by atoms with Gasteiger partial charge in [0.05, 0.1) is 12.2 Å². The van der Waals surface area contributed by atoms with Gasteiger partial charge in [-0.2, -0.15) is 0 Å². The first-order chi connectivity index (χ1) is 10.2. The Kier molecular flexibility index (Phi) is 4.20. The minimum Gasteiger partial charge on any atom is -0.379 e. The fourth-order valence-corrected chi connectivity index (χ4v) is 2.20. The molecule has 5 heteroatoms. The summed E-state index contributed by atoms with van der Waals surface area (Å²) in [5.41, 5.74) is 2.83. The molecule has 0 unspecified atom stereocenters. The highest BCUT2D eigenvalue weighted by Gasteiger charge is 2.29. The van der Waals surface area contributed by atoms with E-state index in [2.05, 4.69) is 31.5 Å². The molecule has 1 aromatic carbocycles. The molecular weight excluding hydrogens is 330 g/mol. The van der Waals surface area contributed by atoms with E-state index in [4.69, 9.17) is 0 Å². The predicted octanol–water partition coefficient (Wildman–Crippen LogP) is 3.80. The SMILES string of the molecule is O=C(Nc1ccc(NCc2ccc(Br)cn2)cc1)C1CC1. The van der Waals surface area contributed by atoms with Crippen molar-refractivity contribution < 1.29 is 4.79 Å². The molecule has 1 heterocycles. The van der Waals surface area contributed by atoms with Gasteiger partial charge in [-0.25, -0.2) is 0 Å². The minimum atomic E-state index is 0.134.